The van der Waals surface area contributed by atoms with Gasteiger partial charge in [-0.2, -0.15) is 0 Å². The second-order valence-electron chi connectivity index (χ2n) is 7.73. The number of hydrogen-bond acceptors (Lipinski definition) is 4. The molecule has 2 aromatic heterocycles. The largest absolute Gasteiger partial charge is 0.490 e. The minimum absolute atomic E-state index is 0.259. The Morgan fingerprint density at radius 1 is 1.26 bits per heavy atom. The third-order valence-corrected chi connectivity index (χ3v) is 5.77. The maximum atomic E-state index is 13.7. The second kappa shape index (κ2) is 7.83. The lowest BCUT2D eigenvalue weighted by atomic mass is 10.1. The third kappa shape index (κ3) is 3.82. The van der Waals surface area contributed by atoms with Crippen LogP contribution in [-0.4, -0.2) is 32.6 Å². The Hall–Kier alpha value is -3.16. The molecule has 0 amide bonds. The van der Waals surface area contributed by atoms with Gasteiger partial charge in [0.1, 0.15) is 18.2 Å². The summed E-state index contributed by atoms with van der Waals surface area (Å²) in [4.78, 5) is 19.9. The Balaban J connectivity index is 1.53. The predicted octanol–water partition coefficient (Wildman–Crippen LogP) is 4.21. The van der Waals surface area contributed by atoms with Crippen LogP contribution >= 0.6 is 11.6 Å². The Bertz CT molecular complexity index is 1330. The SMILES string of the molecule is Cc1cc2cc(F)ccc2n1-c1cc(Cl)c2c(c1)CN(Cc1cnc(=O)[nH]c1)CCO2. The van der Waals surface area contributed by atoms with Crippen molar-refractivity contribution >= 4 is 22.5 Å². The van der Waals surface area contributed by atoms with E-state index in [0.29, 0.717) is 37.0 Å². The van der Waals surface area contributed by atoms with Crippen molar-refractivity contribution in [1.29, 1.82) is 0 Å². The highest BCUT2D eigenvalue weighted by atomic mass is 35.5. The highest BCUT2D eigenvalue weighted by Crippen LogP contribution is 2.36. The maximum absolute atomic E-state index is 13.7. The number of H-pyrrole nitrogens is 1. The molecule has 8 heteroatoms. The number of ether oxygens (including phenoxy) is 1. The number of halogens is 2. The summed E-state index contributed by atoms with van der Waals surface area (Å²) in [6.07, 6.45) is 3.27. The van der Waals surface area contributed by atoms with Crippen molar-refractivity contribution in [3.05, 3.63) is 86.9 Å². The van der Waals surface area contributed by atoms with Gasteiger partial charge in [-0.25, -0.2) is 14.2 Å². The summed E-state index contributed by atoms with van der Waals surface area (Å²) in [6, 6.07) is 10.7. The molecule has 1 aliphatic heterocycles. The first-order chi connectivity index (χ1) is 15.0. The summed E-state index contributed by atoms with van der Waals surface area (Å²) < 4.78 is 21.7. The molecule has 2 aromatic carbocycles. The molecule has 158 valence electrons. The molecule has 5 rings (SSSR count). The van der Waals surface area contributed by atoms with Crippen LogP contribution in [0.25, 0.3) is 16.6 Å². The molecule has 0 saturated carbocycles. The minimum Gasteiger partial charge on any atom is -0.490 e. The van der Waals surface area contributed by atoms with E-state index < -0.39 is 0 Å². The van der Waals surface area contributed by atoms with Crippen LogP contribution in [0.2, 0.25) is 5.02 Å². The number of rotatable bonds is 3. The molecule has 0 aliphatic carbocycles. The van der Waals surface area contributed by atoms with E-state index in [9.17, 15) is 9.18 Å². The lowest BCUT2D eigenvalue weighted by Gasteiger charge is -2.19. The lowest BCUT2D eigenvalue weighted by Crippen LogP contribution is -2.26. The van der Waals surface area contributed by atoms with Crippen molar-refractivity contribution in [3.8, 4) is 11.4 Å². The fourth-order valence-corrected chi connectivity index (χ4v) is 4.44. The van der Waals surface area contributed by atoms with Gasteiger partial charge in [-0.3, -0.25) is 4.90 Å². The van der Waals surface area contributed by atoms with E-state index in [-0.39, 0.29) is 11.5 Å². The summed E-state index contributed by atoms with van der Waals surface area (Å²) in [5.74, 6) is 0.429. The van der Waals surface area contributed by atoms with E-state index in [1.54, 1.807) is 18.5 Å². The maximum Gasteiger partial charge on any atom is 0.344 e. The van der Waals surface area contributed by atoms with E-state index in [0.717, 1.165) is 33.4 Å². The predicted molar refractivity (Wildman–Crippen MR) is 117 cm³/mol. The standard InChI is InChI=1S/C23H20ClFN4O2/c1-14-6-16-7-18(25)2-3-21(16)29(14)19-8-17-13-28(4-5-31-22(17)20(24)9-19)12-15-10-26-23(30)27-11-15/h2-3,6-11H,4-5,12-13H2,1H3,(H,26,27,30). The molecule has 0 saturated heterocycles. The van der Waals surface area contributed by atoms with Gasteiger partial charge in [-0.15, -0.1) is 0 Å². The molecule has 0 bridgehead atoms. The highest BCUT2D eigenvalue weighted by molar-refractivity contribution is 6.32. The van der Waals surface area contributed by atoms with Crippen molar-refractivity contribution < 1.29 is 9.13 Å². The highest BCUT2D eigenvalue weighted by Gasteiger charge is 2.20. The van der Waals surface area contributed by atoms with Gasteiger partial charge in [0, 0.05) is 59.9 Å². The van der Waals surface area contributed by atoms with Gasteiger partial charge in [0.15, 0.2) is 0 Å². The molecular weight excluding hydrogens is 419 g/mol. The number of aryl methyl sites for hydroxylation is 1. The molecule has 6 nitrogen and oxygen atoms in total. The van der Waals surface area contributed by atoms with Crippen LogP contribution in [0, 0.1) is 12.7 Å². The smallest absolute Gasteiger partial charge is 0.344 e. The molecule has 3 heterocycles. The minimum atomic E-state index is -0.362. The molecular formula is C23H20ClFN4O2. The summed E-state index contributed by atoms with van der Waals surface area (Å²) in [7, 11) is 0. The Morgan fingerprint density at radius 3 is 2.94 bits per heavy atom. The molecule has 0 spiro atoms. The fourth-order valence-electron chi connectivity index (χ4n) is 4.16. The molecule has 0 atom stereocenters. The van der Waals surface area contributed by atoms with Gasteiger partial charge in [0.05, 0.1) is 10.5 Å². The summed E-state index contributed by atoms with van der Waals surface area (Å²) in [5, 5.41) is 1.38. The van der Waals surface area contributed by atoms with Crippen molar-refractivity contribution in [2.24, 2.45) is 0 Å². The quantitative estimate of drug-likeness (QED) is 0.520. The number of aromatic amines is 1. The zero-order chi connectivity index (χ0) is 21.5. The summed E-state index contributed by atoms with van der Waals surface area (Å²) in [6.45, 7) is 4.47. The zero-order valence-corrected chi connectivity index (χ0v) is 17.6. The Labute approximate surface area is 182 Å². The second-order valence-corrected chi connectivity index (χ2v) is 8.13. The molecule has 0 fully saturated rings. The van der Waals surface area contributed by atoms with Crippen LogP contribution in [0.1, 0.15) is 16.8 Å². The topological polar surface area (TPSA) is 63.2 Å². The van der Waals surface area contributed by atoms with Crippen LogP contribution in [0.3, 0.4) is 0 Å². The van der Waals surface area contributed by atoms with Gasteiger partial charge < -0.3 is 14.3 Å². The van der Waals surface area contributed by atoms with Gasteiger partial charge in [0.25, 0.3) is 0 Å². The zero-order valence-electron chi connectivity index (χ0n) is 16.9. The van der Waals surface area contributed by atoms with E-state index >= 15 is 0 Å². The molecule has 0 radical (unpaired) electrons. The van der Waals surface area contributed by atoms with Crippen molar-refractivity contribution in [3.63, 3.8) is 0 Å². The first-order valence-corrected chi connectivity index (χ1v) is 10.3. The van der Waals surface area contributed by atoms with E-state index in [1.807, 2.05) is 19.1 Å². The van der Waals surface area contributed by atoms with Crippen LogP contribution in [0.5, 0.6) is 5.75 Å². The number of nitrogens with one attached hydrogen (secondary N) is 1. The molecule has 1 aliphatic rings. The fraction of sp³-hybridized carbons (Fsp3) is 0.217. The number of hydrogen-bond donors (Lipinski definition) is 1. The van der Waals surface area contributed by atoms with E-state index in [4.69, 9.17) is 16.3 Å². The molecule has 4 aromatic rings. The Morgan fingerprint density at radius 2 is 2.13 bits per heavy atom. The number of fused-ring (bicyclic) bond motifs is 2. The van der Waals surface area contributed by atoms with Crippen LogP contribution < -0.4 is 10.4 Å². The number of aromatic nitrogens is 3. The summed E-state index contributed by atoms with van der Waals surface area (Å²) >= 11 is 6.62. The Kier molecular flexibility index (Phi) is 5.00. The van der Waals surface area contributed by atoms with Crippen LogP contribution in [-0.2, 0) is 13.1 Å². The third-order valence-electron chi connectivity index (χ3n) is 5.49. The molecule has 31 heavy (non-hydrogen) atoms. The average Bonchev–Trinajstić information content (AvgIpc) is 2.91. The van der Waals surface area contributed by atoms with Crippen LogP contribution in [0.15, 0.2) is 53.6 Å². The summed E-state index contributed by atoms with van der Waals surface area (Å²) in [5.41, 5.74) is 4.33. The van der Waals surface area contributed by atoms with Crippen molar-refractivity contribution in [2.75, 3.05) is 13.2 Å². The van der Waals surface area contributed by atoms with Gasteiger partial charge in [0.2, 0.25) is 0 Å². The van der Waals surface area contributed by atoms with E-state index in [2.05, 4.69) is 25.5 Å². The normalized spacial score (nSPS) is 14.3. The van der Waals surface area contributed by atoms with Crippen molar-refractivity contribution in [2.45, 2.75) is 20.0 Å². The van der Waals surface area contributed by atoms with Gasteiger partial charge in [-0.05, 0) is 43.3 Å². The number of benzene rings is 2. The monoisotopic (exact) mass is 438 g/mol. The van der Waals surface area contributed by atoms with Gasteiger partial charge in [-0.1, -0.05) is 11.6 Å². The van der Waals surface area contributed by atoms with Crippen LogP contribution in [0.4, 0.5) is 4.39 Å². The first kappa shape index (κ1) is 19.8. The number of nitrogens with zero attached hydrogens (tertiary/aromatic N) is 3. The molecule has 1 N–H and O–H groups in total. The lowest BCUT2D eigenvalue weighted by molar-refractivity contribution is 0.219. The molecule has 0 unspecified atom stereocenters. The van der Waals surface area contributed by atoms with Gasteiger partial charge >= 0.3 is 5.69 Å². The van der Waals surface area contributed by atoms with E-state index in [1.165, 1.54) is 12.1 Å². The van der Waals surface area contributed by atoms with Crippen molar-refractivity contribution in [1.82, 2.24) is 19.4 Å². The first-order valence-electron chi connectivity index (χ1n) is 9.97. The average molecular weight is 439 g/mol.